The van der Waals surface area contributed by atoms with Crippen molar-refractivity contribution in [3.63, 3.8) is 0 Å². The van der Waals surface area contributed by atoms with Gasteiger partial charge in [0, 0.05) is 36.7 Å². The van der Waals surface area contributed by atoms with Gasteiger partial charge in [-0.05, 0) is 66.8 Å². The molecule has 2 aromatic heterocycles. The maximum atomic E-state index is 14.7. The van der Waals surface area contributed by atoms with Gasteiger partial charge in [-0.2, -0.15) is 0 Å². The van der Waals surface area contributed by atoms with Crippen LogP contribution in [0, 0.1) is 18.7 Å². The van der Waals surface area contributed by atoms with Gasteiger partial charge in [0.2, 0.25) is 18.2 Å². The van der Waals surface area contributed by atoms with E-state index in [4.69, 9.17) is 4.74 Å². The SMILES string of the molecule is Cc1cc(F)c(NC(=O)NCCC(F)F)cc1-c1cc(OCCO)nc(-c2ccnc(NC(=O)C3CC3)c2)c1. The number of carbonyl (C=O) groups is 2. The third-order valence-electron chi connectivity index (χ3n) is 5.92. The van der Waals surface area contributed by atoms with Crippen LogP contribution in [0.1, 0.15) is 24.8 Å². The number of aryl methyl sites for hydroxylation is 1. The second kappa shape index (κ2) is 12.6. The summed E-state index contributed by atoms with van der Waals surface area (Å²) >= 11 is 0. The number of urea groups is 1. The highest BCUT2D eigenvalue weighted by atomic mass is 19.3. The van der Waals surface area contributed by atoms with Gasteiger partial charge in [0.1, 0.15) is 18.2 Å². The molecule has 4 N–H and O–H groups in total. The molecule has 1 fully saturated rings. The molecule has 1 aromatic carbocycles. The second-order valence-electron chi connectivity index (χ2n) is 9.05. The molecule has 4 rings (SSSR count). The van der Waals surface area contributed by atoms with Gasteiger partial charge in [-0.25, -0.2) is 27.9 Å². The fraction of sp³-hybridized carbons (Fsp3) is 0.333. The van der Waals surface area contributed by atoms with Gasteiger partial charge in [-0.15, -0.1) is 0 Å². The van der Waals surface area contributed by atoms with E-state index in [1.54, 1.807) is 31.2 Å². The minimum atomic E-state index is -2.57. The number of rotatable bonds is 11. The topological polar surface area (TPSA) is 125 Å². The lowest BCUT2D eigenvalue weighted by molar-refractivity contribution is -0.117. The minimum absolute atomic E-state index is 0.00559. The van der Waals surface area contributed by atoms with Crippen LogP contribution < -0.4 is 20.7 Å². The zero-order valence-electron chi connectivity index (χ0n) is 21.1. The first-order valence-corrected chi connectivity index (χ1v) is 12.4. The van der Waals surface area contributed by atoms with Gasteiger partial charge >= 0.3 is 6.03 Å². The molecule has 3 amide bonds. The standard InChI is InChI=1S/C27H28F3N5O4/c1-15-10-20(28)22(34-27(38)32-7-5-23(29)30)14-19(15)18-11-21(33-25(13-18)39-9-8-36)17-4-6-31-24(12-17)35-26(37)16-2-3-16/h4,6,10-14,16,23,36H,2-3,5,7-9H2,1H3,(H,31,35,37)(H2,32,34,38). The molecule has 1 aliphatic rings. The number of alkyl halides is 2. The maximum absolute atomic E-state index is 14.7. The molecule has 0 atom stereocenters. The molecular weight excluding hydrogens is 515 g/mol. The molecule has 39 heavy (non-hydrogen) atoms. The number of halogens is 3. The van der Waals surface area contributed by atoms with Crippen LogP contribution in [-0.2, 0) is 4.79 Å². The highest BCUT2D eigenvalue weighted by Gasteiger charge is 2.29. The molecule has 9 nitrogen and oxygen atoms in total. The van der Waals surface area contributed by atoms with Crippen molar-refractivity contribution < 1.29 is 32.6 Å². The van der Waals surface area contributed by atoms with Gasteiger partial charge < -0.3 is 25.8 Å². The van der Waals surface area contributed by atoms with Crippen LogP contribution in [0.4, 0.5) is 29.5 Å². The van der Waals surface area contributed by atoms with Crippen LogP contribution in [-0.4, -0.2) is 53.2 Å². The number of nitrogens with zero attached hydrogens (tertiary/aromatic N) is 2. The molecule has 1 saturated carbocycles. The third kappa shape index (κ3) is 7.66. The summed E-state index contributed by atoms with van der Waals surface area (Å²) in [5.41, 5.74) is 2.62. The lowest BCUT2D eigenvalue weighted by Crippen LogP contribution is -2.30. The van der Waals surface area contributed by atoms with Gasteiger partial charge in [0.05, 0.1) is 18.0 Å². The summed E-state index contributed by atoms with van der Waals surface area (Å²) in [7, 11) is 0. The van der Waals surface area contributed by atoms with E-state index in [9.17, 15) is 27.9 Å². The van der Waals surface area contributed by atoms with Crippen LogP contribution in [0.3, 0.4) is 0 Å². The van der Waals surface area contributed by atoms with E-state index in [1.165, 1.54) is 18.3 Å². The van der Waals surface area contributed by atoms with Crippen molar-refractivity contribution in [2.45, 2.75) is 32.6 Å². The fourth-order valence-corrected chi connectivity index (χ4v) is 3.81. The summed E-state index contributed by atoms with van der Waals surface area (Å²) in [6.45, 7) is 1.18. The number of anilines is 2. The number of aliphatic hydroxyl groups is 1. The van der Waals surface area contributed by atoms with Gasteiger partial charge in [-0.1, -0.05) is 0 Å². The van der Waals surface area contributed by atoms with E-state index in [-0.39, 0.29) is 43.2 Å². The van der Waals surface area contributed by atoms with E-state index in [0.29, 0.717) is 33.8 Å². The maximum Gasteiger partial charge on any atom is 0.319 e. The monoisotopic (exact) mass is 543 g/mol. The molecule has 3 aromatic rings. The Bertz CT molecular complexity index is 1350. The van der Waals surface area contributed by atoms with Crippen molar-refractivity contribution in [2.24, 2.45) is 5.92 Å². The Kier molecular flexibility index (Phi) is 8.97. The predicted octanol–water partition coefficient (Wildman–Crippen LogP) is 4.75. The third-order valence-corrected chi connectivity index (χ3v) is 5.92. The van der Waals surface area contributed by atoms with Crippen molar-refractivity contribution in [3.05, 3.63) is 54.0 Å². The molecule has 0 saturated heterocycles. The molecule has 0 unspecified atom stereocenters. The van der Waals surface area contributed by atoms with Crippen LogP contribution >= 0.6 is 0 Å². The van der Waals surface area contributed by atoms with E-state index in [2.05, 4.69) is 25.9 Å². The average Bonchev–Trinajstić information content (AvgIpc) is 3.75. The van der Waals surface area contributed by atoms with Crippen molar-refractivity contribution >= 4 is 23.4 Å². The molecule has 0 bridgehead atoms. The normalized spacial score (nSPS) is 12.8. The van der Waals surface area contributed by atoms with Gasteiger partial charge in [0.15, 0.2) is 0 Å². The van der Waals surface area contributed by atoms with Gasteiger partial charge in [0.25, 0.3) is 0 Å². The molecule has 1 aliphatic carbocycles. The number of hydrogen-bond acceptors (Lipinski definition) is 6. The summed E-state index contributed by atoms with van der Waals surface area (Å²) in [6.07, 6.45) is 0.157. The molecule has 12 heteroatoms. The molecule has 206 valence electrons. The summed E-state index contributed by atoms with van der Waals surface area (Å²) in [5.74, 6) is -0.215. The number of benzene rings is 1. The minimum Gasteiger partial charge on any atom is -0.475 e. The Hall–Kier alpha value is -4.19. The number of ether oxygens (including phenoxy) is 1. The molecule has 0 radical (unpaired) electrons. The molecule has 0 aliphatic heterocycles. The van der Waals surface area contributed by atoms with Crippen LogP contribution in [0.15, 0.2) is 42.6 Å². The zero-order chi connectivity index (χ0) is 27.9. The quantitative estimate of drug-likeness (QED) is 0.277. The van der Waals surface area contributed by atoms with Crippen LogP contribution in [0.25, 0.3) is 22.4 Å². The largest absolute Gasteiger partial charge is 0.475 e. The summed E-state index contributed by atoms with van der Waals surface area (Å²) in [5, 5.41) is 16.7. The fourth-order valence-electron chi connectivity index (χ4n) is 3.81. The smallest absolute Gasteiger partial charge is 0.319 e. The van der Waals surface area contributed by atoms with E-state index < -0.39 is 24.7 Å². The first-order chi connectivity index (χ1) is 18.7. The van der Waals surface area contributed by atoms with Crippen molar-refractivity contribution in [1.29, 1.82) is 0 Å². The molecule has 0 spiro atoms. The number of pyridine rings is 2. The van der Waals surface area contributed by atoms with Crippen LogP contribution in [0.2, 0.25) is 0 Å². The summed E-state index contributed by atoms with van der Waals surface area (Å²) < 4.78 is 45.0. The van der Waals surface area contributed by atoms with E-state index in [1.807, 2.05) is 0 Å². The Morgan fingerprint density at radius 3 is 2.64 bits per heavy atom. The van der Waals surface area contributed by atoms with Crippen molar-refractivity contribution in [1.82, 2.24) is 15.3 Å². The number of hydrogen-bond donors (Lipinski definition) is 4. The van der Waals surface area contributed by atoms with Crippen LogP contribution in [0.5, 0.6) is 5.88 Å². The first-order valence-electron chi connectivity index (χ1n) is 12.4. The van der Waals surface area contributed by atoms with E-state index in [0.717, 1.165) is 12.8 Å². The summed E-state index contributed by atoms with van der Waals surface area (Å²) in [4.78, 5) is 33.0. The Labute approximate surface area is 222 Å². The Morgan fingerprint density at radius 1 is 1.13 bits per heavy atom. The number of nitrogens with one attached hydrogen (secondary N) is 3. The number of aliphatic hydroxyl groups excluding tert-OH is 1. The van der Waals surface area contributed by atoms with Gasteiger partial charge in [-0.3, -0.25) is 4.79 Å². The lowest BCUT2D eigenvalue weighted by Gasteiger charge is -2.15. The van der Waals surface area contributed by atoms with Crippen molar-refractivity contribution in [2.75, 3.05) is 30.4 Å². The number of aromatic nitrogens is 2. The lowest BCUT2D eigenvalue weighted by atomic mass is 9.98. The first kappa shape index (κ1) is 27.8. The number of carbonyl (C=O) groups excluding carboxylic acids is 2. The molecule has 2 heterocycles. The Morgan fingerprint density at radius 2 is 1.92 bits per heavy atom. The zero-order valence-corrected chi connectivity index (χ0v) is 21.1. The molecular formula is C27H28F3N5O4. The summed E-state index contributed by atoms with van der Waals surface area (Å²) in [6, 6.07) is 8.60. The second-order valence-corrected chi connectivity index (χ2v) is 9.05. The highest BCUT2D eigenvalue weighted by Crippen LogP contribution is 2.34. The highest BCUT2D eigenvalue weighted by molar-refractivity contribution is 5.94. The number of amides is 3. The average molecular weight is 544 g/mol. The van der Waals surface area contributed by atoms with E-state index >= 15 is 0 Å². The Balaban J connectivity index is 1.66. The predicted molar refractivity (Wildman–Crippen MR) is 139 cm³/mol. The van der Waals surface area contributed by atoms with Crippen molar-refractivity contribution in [3.8, 4) is 28.3 Å².